The van der Waals surface area contributed by atoms with Crippen LogP contribution in [0.4, 0.5) is 0 Å². The van der Waals surface area contributed by atoms with Crippen molar-refractivity contribution in [3.63, 3.8) is 0 Å². The summed E-state index contributed by atoms with van der Waals surface area (Å²) in [4.78, 5) is 10.7. The van der Waals surface area contributed by atoms with Gasteiger partial charge in [0.2, 0.25) is 0 Å². The molecule has 1 rings (SSSR count). The summed E-state index contributed by atoms with van der Waals surface area (Å²) in [5.74, 6) is -4.29. The normalized spacial score (nSPS) is 37.5. The first kappa shape index (κ1) is 14.3. The minimum Gasteiger partial charge on any atom is -0.477 e. The van der Waals surface area contributed by atoms with Crippen LogP contribution in [-0.4, -0.2) is 73.4 Å². The second-order valence-electron chi connectivity index (χ2n) is 4.08. The van der Waals surface area contributed by atoms with E-state index >= 15 is 0 Å². The molecule has 0 saturated carbocycles. The quantitative estimate of drug-likeness (QED) is 0.310. The molecule has 1 unspecified atom stereocenters. The van der Waals surface area contributed by atoms with Gasteiger partial charge in [0.25, 0.3) is 5.79 Å². The monoisotopic (exact) mass is 252 g/mol. The average Bonchev–Trinajstić information content (AvgIpc) is 2.25. The Morgan fingerprint density at radius 2 is 2.06 bits per heavy atom. The summed E-state index contributed by atoms with van der Waals surface area (Å²) in [6, 6.07) is 0. The molecule has 8 heteroatoms. The lowest BCUT2D eigenvalue weighted by atomic mass is 9.93. The van der Waals surface area contributed by atoms with Gasteiger partial charge in [-0.25, -0.2) is 4.79 Å². The van der Waals surface area contributed by atoms with Gasteiger partial charge in [-0.2, -0.15) is 0 Å². The maximum Gasteiger partial charge on any atom is 0.364 e. The van der Waals surface area contributed by atoms with E-state index in [-0.39, 0.29) is 6.42 Å². The van der Waals surface area contributed by atoms with Gasteiger partial charge in [-0.1, -0.05) is 0 Å². The summed E-state index contributed by atoms with van der Waals surface area (Å²) in [6.45, 7) is -0.747. The molecule has 1 fully saturated rings. The summed E-state index contributed by atoms with van der Waals surface area (Å²) >= 11 is 0. The molecule has 5 atom stereocenters. The van der Waals surface area contributed by atoms with Crippen LogP contribution in [0.15, 0.2) is 0 Å². The molecule has 6 N–H and O–H groups in total. The topological polar surface area (TPSA) is 148 Å². The van der Waals surface area contributed by atoms with Crippen LogP contribution in [0.3, 0.4) is 0 Å². The molecule has 0 aliphatic carbocycles. The highest BCUT2D eigenvalue weighted by atomic mass is 16.7. The van der Waals surface area contributed by atoms with E-state index in [0.29, 0.717) is 0 Å². The SMILES string of the molecule is O=C(O)[C@@]1(O)CC(O)C[C@H]([C@H](O)[C@H](O)CO)O1. The van der Waals surface area contributed by atoms with Gasteiger partial charge in [0.15, 0.2) is 0 Å². The van der Waals surface area contributed by atoms with E-state index in [1.165, 1.54) is 0 Å². The summed E-state index contributed by atoms with van der Waals surface area (Å²) < 4.78 is 4.77. The number of aliphatic hydroxyl groups is 5. The average molecular weight is 252 g/mol. The summed E-state index contributed by atoms with van der Waals surface area (Å²) in [6.07, 6.45) is -6.27. The maximum absolute atomic E-state index is 10.7. The molecule has 17 heavy (non-hydrogen) atoms. The van der Waals surface area contributed by atoms with Crippen LogP contribution >= 0.6 is 0 Å². The lowest BCUT2D eigenvalue weighted by molar-refractivity contribution is -0.288. The van der Waals surface area contributed by atoms with Crippen molar-refractivity contribution in [2.45, 2.75) is 43.0 Å². The van der Waals surface area contributed by atoms with E-state index in [1.54, 1.807) is 0 Å². The molecule has 0 spiro atoms. The minimum absolute atomic E-state index is 0.145. The fourth-order valence-corrected chi connectivity index (χ4v) is 1.72. The highest BCUT2D eigenvalue weighted by molar-refractivity contribution is 5.75. The molecule has 0 bridgehead atoms. The molecule has 1 aliphatic heterocycles. The van der Waals surface area contributed by atoms with E-state index in [9.17, 15) is 25.2 Å². The van der Waals surface area contributed by atoms with Gasteiger partial charge in [-0.15, -0.1) is 0 Å². The zero-order chi connectivity index (χ0) is 13.2. The van der Waals surface area contributed by atoms with Crippen molar-refractivity contribution < 1.29 is 40.2 Å². The highest BCUT2D eigenvalue weighted by Gasteiger charge is 2.48. The predicted octanol–water partition coefficient (Wildman–Crippen LogP) is -2.99. The van der Waals surface area contributed by atoms with Crippen LogP contribution in [0, 0.1) is 0 Å². The lowest BCUT2D eigenvalue weighted by Crippen LogP contribution is -2.56. The van der Waals surface area contributed by atoms with Crippen molar-refractivity contribution in [3.05, 3.63) is 0 Å². The Balaban J connectivity index is 2.78. The first-order valence-electron chi connectivity index (χ1n) is 5.09. The van der Waals surface area contributed by atoms with Gasteiger partial charge in [-0.05, 0) is 0 Å². The summed E-state index contributed by atoms with van der Waals surface area (Å²) in [5.41, 5.74) is 0. The van der Waals surface area contributed by atoms with E-state index < -0.39 is 49.2 Å². The van der Waals surface area contributed by atoms with E-state index in [4.69, 9.17) is 14.9 Å². The molecule has 8 nitrogen and oxygen atoms in total. The Hall–Kier alpha value is -0.770. The molecule has 1 saturated heterocycles. The van der Waals surface area contributed by atoms with Gasteiger partial charge in [0, 0.05) is 12.8 Å². The van der Waals surface area contributed by atoms with E-state index in [1.807, 2.05) is 0 Å². The number of carboxylic acids is 1. The second kappa shape index (κ2) is 5.25. The maximum atomic E-state index is 10.7. The van der Waals surface area contributed by atoms with Crippen LogP contribution in [0.1, 0.15) is 12.8 Å². The molecule has 0 aromatic carbocycles. The van der Waals surface area contributed by atoms with E-state index in [0.717, 1.165) is 0 Å². The van der Waals surface area contributed by atoms with Crippen molar-refractivity contribution >= 4 is 5.97 Å². The number of aliphatic carboxylic acids is 1. The zero-order valence-corrected chi connectivity index (χ0v) is 8.93. The van der Waals surface area contributed by atoms with Crippen molar-refractivity contribution in [3.8, 4) is 0 Å². The third-order valence-electron chi connectivity index (χ3n) is 2.66. The fourth-order valence-electron chi connectivity index (χ4n) is 1.72. The molecule has 0 aromatic heterocycles. The Morgan fingerprint density at radius 3 is 2.53 bits per heavy atom. The van der Waals surface area contributed by atoms with Crippen molar-refractivity contribution in [1.29, 1.82) is 0 Å². The molecule has 0 radical (unpaired) electrons. The Bertz CT molecular complexity index is 282. The van der Waals surface area contributed by atoms with Gasteiger partial charge in [0.1, 0.15) is 12.2 Å². The lowest BCUT2D eigenvalue weighted by Gasteiger charge is -2.39. The molecule has 0 aromatic rings. The first-order valence-corrected chi connectivity index (χ1v) is 5.09. The Morgan fingerprint density at radius 1 is 1.47 bits per heavy atom. The van der Waals surface area contributed by atoms with Crippen LogP contribution in [0.2, 0.25) is 0 Å². The molecular weight excluding hydrogens is 236 g/mol. The number of hydrogen-bond donors (Lipinski definition) is 6. The van der Waals surface area contributed by atoms with Crippen molar-refractivity contribution in [1.82, 2.24) is 0 Å². The smallest absolute Gasteiger partial charge is 0.364 e. The van der Waals surface area contributed by atoms with E-state index in [2.05, 4.69) is 0 Å². The standard InChI is InChI=1S/C9H16O8/c10-3-5(12)7(13)6-1-4(11)2-9(16,17-6)8(14)15/h4-7,10-13,16H,1-3H2,(H,14,15)/t4?,5-,6-,7-,9-/m1/s1. The molecule has 0 amide bonds. The van der Waals surface area contributed by atoms with Crippen LogP contribution in [-0.2, 0) is 9.53 Å². The summed E-state index contributed by atoms with van der Waals surface area (Å²) in [5, 5.41) is 55.0. The van der Waals surface area contributed by atoms with Gasteiger partial charge >= 0.3 is 5.97 Å². The Labute approximate surface area is 96.7 Å². The minimum atomic E-state index is -2.60. The second-order valence-corrected chi connectivity index (χ2v) is 4.08. The van der Waals surface area contributed by atoms with Gasteiger partial charge in [0.05, 0.1) is 18.8 Å². The molecule has 100 valence electrons. The number of hydrogen-bond acceptors (Lipinski definition) is 7. The first-order chi connectivity index (χ1) is 7.80. The van der Waals surface area contributed by atoms with Crippen molar-refractivity contribution in [2.75, 3.05) is 6.61 Å². The molecule has 1 aliphatic rings. The van der Waals surface area contributed by atoms with Crippen LogP contribution < -0.4 is 0 Å². The summed E-state index contributed by atoms with van der Waals surface area (Å²) in [7, 11) is 0. The highest BCUT2D eigenvalue weighted by Crippen LogP contribution is 2.29. The fraction of sp³-hybridized carbons (Fsp3) is 0.889. The molecule has 1 heterocycles. The van der Waals surface area contributed by atoms with Crippen LogP contribution in [0.25, 0.3) is 0 Å². The predicted molar refractivity (Wildman–Crippen MR) is 51.8 cm³/mol. The number of rotatable bonds is 4. The third-order valence-corrected chi connectivity index (χ3v) is 2.66. The van der Waals surface area contributed by atoms with Crippen molar-refractivity contribution in [2.24, 2.45) is 0 Å². The Kier molecular flexibility index (Phi) is 4.42. The van der Waals surface area contributed by atoms with Gasteiger partial charge in [-0.3, -0.25) is 0 Å². The third kappa shape index (κ3) is 3.12. The number of carbonyl (C=O) groups is 1. The van der Waals surface area contributed by atoms with Crippen LogP contribution in [0.5, 0.6) is 0 Å². The van der Waals surface area contributed by atoms with Gasteiger partial charge < -0.3 is 35.4 Å². The number of ether oxygens (including phenoxy) is 1. The zero-order valence-electron chi connectivity index (χ0n) is 8.93. The molecular formula is C9H16O8. The number of aliphatic hydroxyl groups excluding tert-OH is 4. The number of carboxylic acid groups (broad SMARTS) is 1. The largest absolute Gasteiger partial charge is 0.477 e.